The molecule has 188 valence electrons. The number of aryl methyl sites for hydroxylation is 1. The van der Waals surface area contributed by atoms with Gasteiger partial charge in [-0.1, -0.05) is 32.0 Å². The lowest BCUT2D eigenvalue weighted by molar-refractivity contribution is 0.497. The summed E-state index contributed by atoms with van der Waals surface area (Å²) in [5.74, 6) is 0.154. The van der Waals surface area contributed by atoms with Gasteiger partial charge in [-0.15, -0.1) is 0 Å². The normalized spacial score (nSPS) is 15.8. The molecule has 37 heavy (non-hydrogen) atoms. The largest absolute Gasteiger partial charge is 0.354 e. The van der Waals surface area contributed by atoms with Crippen molar-refractivity contribution in [2.45, 2.75) is 39.7 Å². The zero-order chi connectivity index (χ0) is 26.3. The molecule has 4 aromatic rings. The van der Waals surface area contributed by atoms with Crippen LogP contribution in [-0.2, 0) is 0 Å². The van der Waals surface area contributed by atoms with Gasteiger partial charge in [0.15, 0.2) is 0 Å². The molecule has 2 aromatic carbocycles. The molecule has 0 bridgehead atoms. The molecule has 1 aliphatic rings. The third-order valence-electron chi connectivity index (χ3n) is 6.99. The third kappa shape index (κ3) is 4.25. The standard InChI is InChI=1S/C29H29FN6O/c1-17(2)26-27(18(3)9-10-33-26)36-25-14-22(21-7-5-6-8-24(21)30)20(15-31)13-23(25)28(34-29(36)37)35-12-11-32-16-19(35)4/h5-10,13-14,17,19,32H,11-12,16H2,1-4H3/t19-/m0/s1. The quantitative estimate of drug-likeness (QED) is 0.441. The average molecular weight is 497 g/mol. The number of pyridine rings is 1. The third-order valence-corrected chi connectivity index (χ3v) is 6.99. The van der Waals surface area contributed by atoms with Gasteiger partial charge >= 0.3 is 5.69 Å². The van der Waals surface area contributed by atoms with Crippen LogP contribution in [0.2, 0.25) is 0 Å². The van der Waals surface area contributed by atoms with Gasteiger partial charge in [0, 0.05) is 48.4 Å². The second kappa shape index (κ2) is 9.75. The average Bonchev–Trinajstić information content (AvgIpc) is 2.88. The van der Waals surface area contributed by atoms with Crippen molar-refractivity contribution in [2.24, 2.45) is 0 Å². The molecule has 0 unspecified atom stereocenters. The topological polar surface area (TPSA) is 86.8 Å². The SMILES string of the molecule is Cc1ccnc(C(C)C)c1-n1c(=O)nc(N2CCNC[C@@H]2C)c2cc(C#N)c(-c3ccccc3F)cc21. The molecule has 1 aliphatic heterocycles. The summed E-state index contributed by atoms with van der Waals surface area (Å²) in [5, 5.41) is 14.1. The molecule has 7 nitrogen and oxygen atoms in total. The van der Waals surface area contributed by atoms with Gasteiger partial charge in [-0.05, 0) is 49.6 Å². The van der Waals surface area contributed by atoms with E-state index in [0.29, 0.717) is 45.6 Å². The number of nitrogens with one attached hydrogen (secondary N) is 1. The summed E-state index contributed by atoms with van der Waals surface area (Å²) in [6, 6.07) is 14.1. The highest BCUT2D eigenvalue weighted by molar-refractivity contribution is 5.96. The van der Waals surface area contributed by atoms with E-state index in [0.717, 1.165) is 24.3 Å². The van der Waals surface area contributed by atoms with Gasteiger partial charge in [-0.2, -0.15) is 10.2 Å². The van der Waals surface area contributed by atoms with Crippen LogP contribution in [0, 0.1) is 24.1 Å². The first-order valence-corrected chi connectivity index (χ1v) is 12.5. The van der Waals surface area contributed by atoms with E-state index in [1.807, 2.05) is 26.8 Å². The van der Waals surface area contributed by atoms with E-state index in [4.69, 9.17) is 0 Å². The van der Waals surface area contributed by atoms with Gasteiger partial charge < -0.3 is 10.2 Å². The zero-order valence-corrected chi connectivity index (χ0v) is 21.4. The second-order valence-corrected chi connectivity index (χ2v) is 9.82. The Kier molecular flexibility index (Phi) is 6.48. The summed E-state index contributed by atoms with van der Waals surface area (Å²) in [5.41, 5.74) is 3.51. The Morgan fingerprint density at radius 3 is 2.68 bits per heavy atom. The molecule has 2 aromatic heterocycles. The molecule has 1 atom stereocenters. The van der Waals surface area contributed by atoms with Crippen LogP contribution in [0.3, 0.4) is 0 Å². The van der Waals surface area contributed by atoms with Crippen molar-refractivity contribution in [2.75, 3.05) is 24.5 Å². The first-order valence-electron chi connectivity index (χ1n) is 12.5. The van der Waals surface area contributed by atoms with Crippen molar-refractivity contribution in [3.63, 3.8) is 0 Å². The van der Waals surface area contributed by atoms with Crippen LogP contribution in [-0.4, -0.2) is 40.2 Å². The predicted molar refractivity (Wildman–Crippen MR) is 144 cm³/mol. The van der Waals surface area contributed by atoms with E-state index >= 15 is 0 Å². The summed E-state index contributed by atoms with van der Waals surface area (Å²) in [6.45, 7) is 10.3. The number of hydrogen-bond acceptors (Lipinski definition) is 6. The molecule has 0 amide bonds. The molecule has 0 saturated carbocycles. The highest BCUT2D eigenvalue weighted by Crippen LogP contribution is 2.35. The smallest absolute Gasteiger partial charge is 0.351 e. The Morgan fingerprint density at radius 1 is 1.19 bits per heavy atom. The van der Waals surface area contributed by atoms with Gasteiger partial charge in [-0.3, -0.25) is 9.55 Å². The minimum Gasteiger partial charge on any atom is -0.351 e. The van der Waals surface area contributed by atoms with E-state index in [1.165, 1.54) is 6.07 Å². The van der Waals surface area contributed by atoms with E-state index in [2.05, 4.69) is 33.2 Å². The highest BCUT2D eigenvalue weighted by atomic mass is 19.1. The van der Waals surface area contributed by atoms with Gasteiger partial charge in [-0.25, -0.2) is 9.18 Å². The number of fused-ring (bicyclic) bond motifs is 1. The minimum atomic E-state index is -0.435. The lowest BCUT2D eigenvalue weighted by Gasteiger charge is -2.35. The van der Waals surface area contributed by atoms with Crippen molar-refractivity contribution in [1.29, 1.82) is 5.26 Å². The second-order valence-electron chi connectivity index (χ2n) is 9.82. The lowest BCUT2D eigenvalue weighted by Crippen LogP contribution is -2.50. The number of anilines is 1. The fourth-order valence-electron chi connectivity index (χ4n) is 5.13. The number of hydrogen-bond donors (Lipinski definition) is 1. The maximum Gasteiger partial charge on any atom is 0.354 e. The van der Waals surface area contributed by atoms with E-state index in [-0.39, 0.29) is 12.0 Å². The summed E-state index contributed by atoms with van der Waals surface area (Å²) in [7, 11) is 0. The van der Waals surface area contributed by atoms with Gasteiger partial charge in [0.25, 0.3) is 0 Å². The number of nitriles is 1. The van der Waals surface area contributed by atoms with Crippen LogP contribution in [0.5, 0.6) is 0 Å². The number of halogens is 1. The maximum absolute atomic E-state index is 14.9. The molecule has 1 saturated heterocycles. The van der Waals surface area contributed by atoms with E-state index < -0.39 is 11.5 Å². The van der Waals surface area contributed by atoms with Crippen LogP contribution in [0.25, 0.3) is 27.7 Å². The first-order chi connectivity index (χ1) is 17.8. The molecule has 1 N–H and O–H groups in total. The molecule has 1 fully saturated rings. The van der Waals surface area contributed by atoms with Crippen molar-refractivity contribution < 1.29 is 4.39 Å². The molecular formula is C29H29FN6O. The van der Waals surface area contributed by atoms with Gasteiger partial charge in [0.2, 0.25) is 0 Å². The van der Waals surface area contributed by atoms with Gasteiger partial charge in [0.05, 0.1) is 28.5 Å². The van der Waals surface area contributed by atoms with E-state index in [1.54, 1.807) is 41.1 Å². The summed E-state index contributed by atoms with van der Waals surface area (Å²) >= 11 is 0. The molecule has 8 heteroatoms. The number of benzene rings is 2. The van der Waals surface area contributed by atoms with Crippen molar-refractivity contribution in [3.8, 4) is 22.9 Å². The fourth-order valence-corrected chi connectivity index (χ4v) is 5.13. The van der Waals surface area contributed by atoms with Crippen LogP contribution in [0.4, 0.5) is 10.2 Å². The number of nitrogens with zero attached hydrogens (tertiary/aromatic N) is 5. The van der Waals surface area contributed by atoms with Crippen LogP contribution < -0.4 is 15.9 Å². The lowest BCUT2D eigenvalue weighted by atomic mass is 9.96. The molecule has 0 radical (unpaired) electrons. The molecular weight excluding hydrogens is 467 g/mol. The van der Waals surface area contributed by atoms with Crippen molar-refractivity contribution >= 4 is 16.7 Å². The number of piperazine rings is 1. The Morgan fingerprint density at radius 2 is 1.97 bits per heavy atom. The van der Waals surface area contributed by atoms with E-state index in [9.17, 15) is 14.4 Å². The molecule has 0 spiro atoms. The molecule has 3 heterocycles. The Bertz CT molecular complexity index is 1600. The Labute approximate surface area is 215 Å². The fraction of sp³-hybridized carbons (Fsp3) is 0.310. The minimum absolute atomic E-state index is 0.0501. The summed E-state index contributed by atoms with van der Waals surface area (Å²) in [6.07, 6.45) is 1.74. The molecule has 0 aliphatic carbocycles. The number of rotatable bonds is 4. The van der Waals surface area contributed by atoms with Crippen LogP contribution in [0.1, 0.15) is 43.5 Å². The maximum atomic E-state index is 14.9. The Balaban J connectivity index is 1.94. The molecule has 5 rings (SSSR count). The van der Waals surface area contributed by atoms with Crippen molar-refractivity contribution in [3.05, 3.63) is 81.8 Å². The summed E-state index contributed by atoms with van der Waals surface area (Å²) < 4.78 is 16.5. The van der Waals surface area contributed by atoms with Crippen LogP contribution in [0.15, 0.2) is 53.5 Å². The number of aromatic nitrogens is 3. The van der Waals surface area contributed by atoms with Gasteiger partial charge in [0.1, 0.15) is 11.6 Å². The Hall–Kier alpha value is -4.09. The van der Waals surface area contributed by atoms with Crippen molar-refractivity contribution in [1.82, 2.24) is 19.9 Å². The summed E-state index contributed by atoms with van der Waals surface area (Å²) in [4.78, 5) is 25.1. The first kappa shape index (κ1) is 24.6. The monoisotopic (exact) mass is 496 g/mol. The zero-order valence-electron chi connectivity index (χ0n) is 21.4. The predicted octanol–water partition coefficient (Wildman–Crippen LogP) is 4.69. The highest BCUT2D eigenvalue weighted by Gasteiger charge is 2.26. The van der Waals surface area contributed by atoms with Crippen LogP contribution >= 0.6 is 0 Å².